The summed E-state index contributed by atoms with van der Waals surface area (Å²) in [6, 6.07) is 0. The molecule has 0 bridgehead atoms. The van der Waals surface area contributed by atoms with Crippen molar-refractivity contribution in [2.75, 3.05) is 0 Å². The molecule has 4 rings (SSSR count). The van der Waals surface area contributed by atoms with E-state index in [0.717, 1.165) is 52.3 Å². The first kappa shape index (κ1) is 20.0. The highest BCUT2D eigenvalue weighted by Crippen LogP contribution is 2.69. The van der Waals surface area contributed by atoms with E-state index in [1.54, 1.807) is 0 Å². The van der Waals surface area contributed by atoms with E-state index in [9.17, 15) is 5.11 Å². The molecule has 2 heteroatoms. The molecule has 4 fully saturated rings. The van der Waals surface area contributed by atoms with Crippen LogP contribution in [0.5, 0.6) is 0 Å². The van der Waals surface area contributed by atoms with E-state index in [4.69, 9.17) is 0 Å². The minimum atomic E-state index is -0.0142. The number of fused-ring (bicyclic) bond motifs is 5. The first-order chi connectivity index (χ1) is 12.3. The van der Waals surface area contributed by atoms with Crippen molar-refractivity contribution in [3.05, 3.63) is 0 Å². The molecule has 0 aromatic rings. The topological polar surface area (TPSA) is 20.2 Å². The lowest BCUT2D eigenvalue weighted by Gasteiger charge is -2.62. The maximum atomic E-state index is 10.2. The number of hydrogen-bond acceptors (Lipinski definition) is 1. The molecule has 10 atom stereocenters. The normalized spacial score (nSPS) is 54.9. The van der Waals surface area contributed by atoms with Crippen LogP contribution < -0.4 is 0 Å². The number of aliphatic hydroxyl groups is 1. The molecule has 0 amide bonds. The molecule has 4 saturated carbocycles. The summed E-state index contributed by atoms with van der Waals surface area (Å²) in [6.45, 7) is 10.2. The Balaban J connectivity index is 1.61. The Morgan fingerprint density at radius 3 is 2.54 bits per heavy atom. The number of rotatable bonds is 3. The summed E-state index contributed by atoms with van der Waals surface area (Å²) in [7, 11) is 0. The van der Waals surface area contributed by atoms with Crippen LogP contribution in [-0.4, -0.2) is 15.1 Å². The monoisotopic (exact) mass is 472 g/mol. The maximum absolute atomic E-state index is 10.2. The Labute approximate surface area is 175 Å². The molecule has 0 spiro atoms. The van der Waals surface area contributed by atoms with E-state index in [0.29, 0.717) is 10.8 Å². The molecule has 0 aliphatic heterocycles. The fourth-order valence-corrected chi connectivity index (χ4v) is 10.2. The van der Waals surface area contributed by atoms with Crippen LogP contribution in [0.3, 0.4) is 0 Å². The Hall–Kier alpha value is 0.690. The average Bonchev–Trinajstić information content (AvgIpc) is 2.96. The van der Waals surface area contributed by atoms with E-state index < -0.39 is 0 Å². The molecule has 150 valence electrons. The van der Waals surface area contributed by atoms with E-state index >= 15 is 0 Å². The van der Waals surface area contributed by atoms with Gasteiger partial charge in [0.25, 0.3) is 0 Å². The number of alkyl halides is 1. The van der Waals surface area contributed by atoms with E-state index in [-0.39, 0.29) is 6.10 Å². The van der Waals surface area contributed by atoms with Crippen molar-refractivity contribution in [3.63, 3.8) is 0 Å². The van der Waals surface area contributed by atoms with Gasteiger partial charge < -0.3 is 5.11 Å². The number of aliphatic hydroxyl groups excluding tert-OH is 1. The largest absolute Gasteiger partial charge is 0.393 e. The molecule has 1 N–H and O–H groups in total. The van der Waals surface area contributed by atoms with Crippen molar-refractivity contribution in [1.29, 1.82) is 0 Å². The van der Waals surface area contributed by atoms with Gasteiger partial charge in [-0.2, -0.15) is 0 Å². The lowest BCUT2D eigenvalue weighted by molar-refractivity contribution is -0.124. The standard InChI is InChI=1S/C24H41IO/c1-5-6-15(2)19-9-10-20-18-8-7-16-13-17(26)11-12-23(16,3)21(18)14-22(25)24(19,20)4/h15-22,26H,5-14H2,1-4H3/t15?,16?,17-,18?,19?,20+,21+,22?,23?,24?/m1/s1. The fraction of sp³-hybridized carbons (Fsp3) is 1.00. The minimum absolute atomic E-state index is 0.0142. The molecule has 4 aliphatic carbocycles. The summed E-state index contributed by atoms with van der Waals surface area (Å²) in [5.41, 5.74) is 1.09. The van der Waals surface area contributed by atoms with Crippen LogP contribution in [0, 0.1) is 46.3 Å². The van der Waals surface area contributed by atoms with Crippen molar-refractivity contribution in [3.8, 4) is 0 Å². The van der Waals surface area contributed by atoms with Gasteiger partial charge in [0.05, 0.1) is 6.10 Å². The first-order valence-corrected chi connectivity index (χ1v) is 12.9. The molecule has 4 aliphatic rings. The summed E-state index contributed by atoms with van der Waals surface area (Å²) in [6.07, 6.45) is 13.5. The molecule has 0 radical (unpaired) electrons. The Morgan fingerprint density at radius 2 is 1.81 bits per heavy atom. The van der Waals surface area contributed by atoms with Crippen LogP contribution in [0.2, 0.25) is 0 Å². The Bertz CT molecular complexity index is 520. The Morgan fingerprint density at radius 1 is 1.04 bits per heavy atom. The Kier molecular flexibility index (Phi) is 5.52. The molecule has 26 heavy (non-hydrogen) atoms. The number of hydrogen-bond donors (Lipinski definition) is 1. The van der Waals surface area contributed by atoms with Gasteiger partial charge in [0.15, 0.2) is 0 Å². The van der Waals surface area contributed by atoms with E-state index in [2.05, 4.69) is 50.3 Å². The summed E-state index contributed by atoms with van der Waals surface area (Å²) in [5, 5.41) is 10.2. The highest BCUT2D eigenvalue weighted by atomic mass is 127. The molecule has 0 aromatic heterocycles. The summed E-state index contributed by atoms with van der Waals surface area (Å²) < 4.78 is 0.848. The second kappa shape index (κ2) is 7.18. The molecular formula is C24H41IO. The highest BCUT2D eigenvalue weighted by molar-refractivity contribution is 14.1. The van der Waals surface area contributed by atoms with E-state index in [1.165, 1.54) is 51.4 Å². The smallest absolute Gasteiger partial charge is 0.0543 e. The van der Waals surface area contributed by atoms with Crippen molar-refractivity contribution in [1.82, 2.24) is 0 Å². The van der Waals surface area contributed by atoms with Crippen LogP contribution in [0.4, 0.5) is 0 Å². The zero-order valence-electron chi connectivity index (χ0n) is 17.5. The SMILES string of the molecule is CCCC(C)C1CC[C@H]2C3CCC4C[C@H](O)CCC4(C)[C@H]3CC(I)C12C. The van der Waals surface area contributed by atoms with Crippen LogP contribution in [0.1, 0.15) is 91.9 Å². The number of halogens is 1. The van der Waals surface area contributed by atoms with Gasteiger partial charge in [0, 0.05) is 3.92 Å². The third kappa shape index (κ3) is 2.85. The van der Waals surface area contributed by atoms with Crippen LogP contribution in [0.25, 0.3) is 0 Å². The quantitative estimate of drug-likeness (QED) is 0.352. The maximum Gasteiger partial charge on any atom is 0.0543 e. The zero-order chi connectivity index (χ0) is 18.7. The second-order valence-electron chi connectivity index (χ2n) is 11.1. The molecule has 7 unspecified atom stereocenters. The van der Waals surface area contributed by atoms with Gasteiger partial charge in [-0.1, -0.05) is 63.1 Å². The van der Waals surface area contributed by atoms with Crippen LogP contribution in [-0.2, 0) is 0 Å². The predicted molar refractivity (Wildman–Crippen MR) is 118 cm³/mol. The average molecular weight is 472 g/mol. The van der Waals surface area contributed by atoms with Crippen LogP contribution >= 0.6 is 22.6 Å². The molecule has 0 aromatic carbocycles. The van der Waals surface area contributed by atoms with Crippen molar-refractivity contribution in [2.45, 2.75) is 102 Å². The first-order valence-electron chi connectivity index (χ1n) is 11.6. The second-order valence-corrected chi connectivity index (χ2v) is 12.6. The van der Waals surface area contributed by atoms with Crippen LogP contribution in [0.15, 0.2) is 0 Å². The van der Waals surface area contributed by atoms with Gasteiger partial charge in [0.2, 0.25) is 0 Å². The van der Waals surface area contributed by atoms with Crippen molar-refractivity contribution in [2.24, 2.45) is 46.3 Å². The van der Waals surface area contributed by atoms with Gasteiger partial charge in [-0.25, -0.2) is 0 Å². The third-order valence-electron chi connectivity index (χ3n) is 10.2. The van der Waals surface area contributed by atoms with Gasteiger partial charge in [-0.05, 0) is 97.7 Å². The molecule has 0 heterocycles. The molecule has 1 nitrogen and oxygen atoms in total. The van der Waals surface area contributed by atoms with E-state index in [1.807, 2.05) is 0 Å². The summed E-state index contributed by atoms with van der Waals surface area (Å²) in [5.74, 6) is 5.51. The third-order valence-corrected chi connectivity index (χ3v) is 12.0. The van der Waals surface area contributed by atoms with Crippen molar-refractivity contribution < 1.29 is 5.11 Å². The summed E-state index contributed by atoms with van der Waals surface area (Å²) in [4.78, 5) is 0. The van der Waals surface area contributed by atoms with Gasteiger partial charge >= 0.3 is 0 Å². The lowest BCUT2D eigenvalue weighted by atomic mass is 9.44. The van der Waals surface area contributed by atoms with Gasteiger partial charge in [-0.15, -0.1) is 0 Å². The van der Waals surface area contributed by atoms with Crippen molar-refractivity contribution >= 4 is 22.6 Å². The minimum Gasteiger partial charge on any atom is -0.393 e. The summed E-state index contributed by atoms with van der Waals surface area (Å²) >= 11 is 2.88. The highest BCUT2D eigenvalue weighted by Gasteiger charge is 2.63. The van der Waals surface area contributed by atoms with Gasteiger partial charge in [-0.3, -0.25) is 0 Å². The predicted octanol–water partition coefficient (Wildman–Crippen LogP) is 6.86. The zero-order valence-corrected chi connectivity index (χ0v) is 19.7. The fourth-order valence-electron chi connectivity index (χ4n) is 8.77. The van der Waals surface area contributed by atoms with Gasteiger partial charge in [0.1, 0.15) is 0 Å². The molecular weight excluding hydrogens is 431 g/mol. The molecule has 0 saturated heterocycles. The lowest BCUT2D eigenvalue weighted by Crippen LogP contribution is -2.57.